The first-order valence-electron chi connectivity index (χ1n) is 8.02. The Bertz CT molecular complexity index is 1070. The van der Waals surface area contributed by atoms with E-state index in [9.17, 15) is 0 Å². The van der Waals surface area contributed by atoms with E-state index in [0.29, 0.717) is 44.9 Å². The number of hydrogen-bond acceptors (Lipinski definition) is 7. The molecule has 10 heteroatoms. The molecule has 0 bridgehead atoms. The van der Waals surface area contributed by atoms with Crippen LogP contribution in [0.25, 0.3) is 17.4 Å². The van der Waals surface area contributed by atoms with E-state index >= 15 is 0 Å². The summed E-state index contributed by atoms with van der Waals surface area (Å²) in [5.41, 5.74) is 0.641. The highest BCUT2D eigenvalue weighted by Crippen LogP contribution is 2.28. The van der Waals surface area contributed by atoms with E-state index in [0.717, 1.165) is 0 Å². The molecule has 1 aromatic carbocycles. The molecule has 0 N–H and O–H groups in total. The van der Waals surface area contributed by atoms with Crippen LogP contribution in [0.1, 0.15) is 30.3 Å². The van der Waals surface area contributed by atoms with Crippen LogP contribution in [-0.2, 0) is 0 Å². The van der Waals surface area contributed by atoms with Gasteiger partial charge in [0.25, 0.3) is 11.8 Å². The summed E-state index contributed by atoms with van der Waals surface area (Å²) in [6.07, 6.45) is 3.28. The number of hydrogen-bond donors (Lipinski definition) is 0. The van der Waals surface area contributed by atoms with Crippen molar-refractivity contribution in [1.82, 2.24) is 34.9 Å². The van der Waals surface area contributed by atoms with Crippen molar-refractivity contribution in [1.29, 1.82) is 0 Å². The average Bonchev–Trinajstić information content (AvgIpc) is 3.28. The third-order valence-electron chi connectivity index (χ3n) is 3.81. The van der Waals surface area contributed by atoms with Gasteiger partial charge in [-0.1, -0.05) is 28.4 Å². The van der Waals surface area contributed by atoms with Gasteiger partial charge in [0, 0.05) is 28.0 Å². The maximum absolute atomic E-state index is 6.05. The molecular weight excluding hydrogens is 389 g/mol. The van der Waals surface area contributed by atoms with Crippen molar-refractivity contribution in [2.75, 3.05) is 0 Å². The number of aryl methyl sites for hydroxylation is 1. The maximum Gasteiger partial charge on any atom is 0.258 e. The molecule has 0 fully saturated rings. The Balaban J connectivity index is 1.71. The lowest BCUT2D eigenvalue weighted by molar-refractivity contribution is 0.419. The molecule has 0 saturated carbocycles. The summed E-state index contributed by atoms with van der Waals surface area (Å²) in [6, 6.07) is 6.79. The van der Waals surface area contributed by atoms with Crippen LogP contribution in [0.5, 0.6) is 0 Å². The first kappa shape index (κ1) is 17.6. The van der Waals surface area contributed by atoms with Crippen LogP contribution in [0.15, 0.2) is 41.2 Å². The highest BCUT2D eigenvalue weighted by molar-refractivity contribution is 6.35. The predicted molar refractivity (Wildman–Crippen MR) is 99.0 cm³/mol. The average molecular weight is 402 g/mol. The minimum absolute atomic E-state index is 0.304. The molecule has 0 radical (unpaired) electrons. The molecule has 0 aliphatic heterocycles. The lowest BCUT2D eigenvalue weighted by Gasteiger charge is -2.07. The van der Waals surface area contributed by atoms with Crippen molar-refractivity contribution in [3.63, 3.8) is 0 Å². The molecule has 4 aromatic rings. The van der Waals surface area contributed by atoms with Crippen molar-refractivity contribution >= 4 is 23.2 Å². The lowest BCUT2D eigenvalue weighted by Crippen LogP contribution is -2.11. The van der Waals surface area contributed by atoms with Crippen molar-refractivity contribution < 1.29 is 4.52 Å². The first-order chi connectivity index (χ1) is 13.0. The predicted octanol–water partition coefficient (Wildman–Crippen LogP) is 3.87. The Kier molecular flexibility index (Phi) is 4.59. The fourth-order valence-electron chi connectivity index (χ4n) is 2.58. The molecule has 4 rings (SSSR count). The van der Waals surface area contributed by atoms with Crippen molar-refractivity contribution in [2.24, 2.45) is 0 Å². The van der Waals surface area contributed by atoms with Crippen molar-refractivity contribution in [2.45, 2.75) is 19.8 Å². The van der Waals surface area contributed by atoms with Crippen LogP contribution in [-0.4, -0.2) is 34.9 Å². The largest absolute Gasteiger partial charge is 0.334 e. The molecule has 27 heavy (non-hydrogen) atoms. The van der Waals surface area contributed by atoms with Gasteiger partial charge in [-0.05, 0) is 38.1 Å². The Morgan fingerprint density at radius 1 is 1.04 bits per heavy atom. The summed E-state index contributed by atoms with van der Waals surface area (Å²) in [4.78, 5) is 17.4. The fraction of sp³-hybridized carbons (Fsp3) is 0.176. The summed E-state index contributed by atoms with van der Waals surface area (Å²) < 4.78 is 6.96. The number of benzene rings is 1. The van der Waals surface area contributed by atoms with Crippen LogP contribution < -0.4 is 0 Å². The SMILES string of the molecule is Cc1nc(C(C)c2noc(-c3cc(Cl)cc(Cl)c3)n2)n(-c2ncccn2)n1. The number of aromatic nitrogens is 7. The quantitative estimate of drug-likeness (QED) is 0.511. The molecule has 0 saturated heterocycles. The van der Waals surface area contributed by atoms with E-state index in [4.69, 9.17) is 27.7 Å². The molecule has 0 spiro atoms. The molecular formula is C17H13Cl2N7O. The smallest absolute Gasteiger partial charge is 0.258 e. The van der Waals surface area contributed by atoms with Gasteiger partial charge in [0.15, 0.2) is 5.82 Å². The third kappa shape index (κ3) is 3.54. The van der Waals surface area contributed by atoms with E-state index in [1.807, 2.05) is 6.92 Å². The molecule has 0 aliphatic rings. The number of halogens is 2. The monoisotopic (exact) mass is 401 g/mol. The van der Waals surface area contributed by atoms with E-state index in [1.54, 1.807) is 48.3 Å². The fourth-order valence-corrected chi connectivity index (χ4v) is 3.11. The van der Waals surface area contributed by atoms with Crippen LogP contribution in [0, 0.1) is 6.92 Å². The molecule has 3 aromatic heterocycles. The topological polar surface area (TPSA) is 95.4 Å². The van der Waals surface area contributed by atoms with Crippen LogP contribution in [0.2, 0.25) is 10.0 Å². The van der Waals surface area contributed by atoms with Crippen molar-refractivity contribution in [3.05, 3.63) is 64.2 Å². The first-order valence-corrected chi connectivity index (χ1v) is 8.78. The summed E-state index contributed by atoms with van der Waals surface area (Å²) in [5, 5.41) is 9.43. The Hall–Kier alpha value is -2.84. The zero-order valence-corrected chi connectivity index (χ0v) is 15.8. The van der Waals surface area contributed by atoms with Crippen LogP contribution in [0.4, 0.5) is 0 Å². The van der Waals surface area contributed by atoms with Gasteiger partial charge in [-0.15, -0.1) is 5.10 Å². The van der Waals surface area contributed by atoms with E-state index in [2.05, 4.69) is 30.2 Å². The highest BCUT2D eigenvalue weighted by Gasteiger charge is 2.24. The van der Waals surface area contributed by atoms with Gasteiger partial charge in [-0.3, -0.25) is 0 Å². The van der Waals surface area contributed by atoms with E-state index in [1.165, 1.54) is 0 Å². The Labute approximate surface area is 164 Å². The normalized spacial score (nSPS) is 12.3. The van der Waals surface area contributed by atoms with Gasteiger partial charge in [0.2, 0.25) is 0 Å². The standard InChI is InChI=1S/C17H13Cl2N7O/c1-9(15-22-10(2)24-26(15)17-20-4-3-5-21-17)14-23-16(27-25-14)11-6-12(18)8-13(19)7-11/h3-9H,1-2H3. The second-order valence-corrected chi connectivity index (χ2v) is 6.69. The molecule has 3 heterocycles. The Morgan fingerprint density at radius 2 is 1.74 bits per heavy atom. The molecule has 0 amide bonds. The molecule has 136 valence electrons. The number of nitrogens with zero attached hydrogens (tertiary/aromatic N) is 7. The lowest BCUT2D eigenvalue weighted by atomic mass is 10.1. The van der Waals surface area contributed by atoms with Gasteiger partial charge in [0.05, 0.1) is 5.92 Å². The molecule has 0 aliphatic carbocycles. The summed E-state index contributed by atoms with van der Waals surface area (Å²) >= 11 is 12.1. The Morgan fingerprint density at radius 3 is 2.44 bits per heavy atom. The molecule has 8 nitrogen and oxygen atoms in total. The minimum Gasteiger partial charge on any atom is -0.334 e. The summed E-state index contributed by atoms with van der Waals surface area (Å²) in [5.74, 6) is 2.09. The van der Waals surface area contributed by atoms with Gasteiger partial charge < -0.3 is 4.52 Å². The second-order valence-electron chi connectivity index (χ2n) is 5.82. The zero-order valence-electron chi connectivity index (χ0n) is 14.3. The van der Waals surface area contributed by atoms with Gasteiger partial charge in [-0.25, -0.2) is 15.0 Å². The summed E-state index contributed by atoms with van der Waals surface area (Å²) in [7, 11) is 0. The molecule has 1 unspecified atom stereocenters. The maximum atomic E-state index is 6.05. The summed E-state index contributed by atoms with van der Waals surface area (Å²) in [6.45, 7) is 3.70. The van der Waals surface area contributed by atoms with E-state index in [-0.39, 0.29) is 5.92 Å². The van der Waals surface area contributed by atoms with Gasteiger partial charge in [-0.2, -0.15) is 9.67 Å². The third-order valence-corrected chi connectivity index (χ3v) is 4.24. The second kappa shape index (κ2) is 7.05. The van der Waals surface area contributed by atoms with Crippen LogP contribution >= 0.6 is 23.2 Å². The highest BCUT2D eigenvalue weighted by atomic mass is 35.5. The van der Waals surface area contributed by atoms with E-state index < -0.39 is 0 Å². The zero-order chi connectivity index (χ0) is 19.0. The van der Waals surface area contributed by atoms with Gasteiger partial charge >= 0.3 is 0 Å². The minimum atomic E-state index is -0.304. The van der Waals surface area contributed by atoms with Crippen molar-refractivity contribution in [3.8, 4) is 17.4 Å². The number of rotatable bonds is 4. The molecule has 1 atom stereocenters. The van der Waals surface area contributed by atoms with Gasteiger partial charge in [0.1, 0.15) is 11.6 Å². The van der Waals surface area contributed by atoms with Crippen LogP contribution in [0.3, 0.4) is 0 Å².